The summed E-state index contributed by atoms with van der Waals surface area (Å²) in [6, 6.07) is 9.67. The average Bonchev–Trinajstić information content (AvgIpc) is 3.56. The van der Waals surface area contributed by atoms with Crippen molar-refractivity contribution in [3.05, 3.63) is 53.7 Å². The van der Waals surface area contributed by atoms with Crippen molar-refractivity contribution < 1.29 is 9.18 Å². The number of halogens is 1. The van der Waals surface area contributed by atoms with Crippen LogP contribution in [-0.4, -0.2) is 75.3 Å². The second-order valence-electron chi connectivity index (χ2n) is 9.00. The standard InChI is InChI=1S/C26H30FN7OS/c1-4-32(5-2)17(3)13-28-26(35)18-11-22(30-24(12-18)33-15-19(27)16-33)20-14-29-34-9-8-21(31-25(20)34)23-7-6-10-36-23/h6-12,14,17,19H,4-5,13,15-16H2,1-3H3,(H,28,35)/t17-/m0/s1. The number of pyridine rings is 1. The highest BCUT2D eigenvalue weighted by Crippen LogP contribution is 2.30. The lowest BCUT2D eigenvalue weighted by Crippen LogP contribution is -2.49. The quantitative estimate of drug-likeness (QED) is 0.367. The van der Waals surface area contributed by atoms with Crippen molar-refractivity contribution in [2.24, 2.45) is 0 Å². The molecule has 0 aromatic carbocycles. The first-order valence-electron chi connectivity index (χ1n) is 12.3. The number of aromatic nitrogens is 4. The molecular formula is C26H30FN7OS. The number of rotatable bonds is 9. The molecule has 5 rings (SSSR count). The van der Waals surface area contributed by atoms with Crippen LogP contribution >= 0.6 is 11.3 Å². The molecule has 0 saturated carbocycles. The predicted molar refractivity (Wildman–Crippen MR) is 141 cm³/mol. The van der Waals surface area contributed by atoms with Crippen LogP contribution in [0.15, 0.2) is 48.1 Å². The molecule has 0 bridgehead atoms. The van der Waals surface area contributed by atoms with Crippen LogP contribution in [0.25, 0.3) is 27.5 Å². The smallest absolute Gasteiger partial charge is 0.251 e. The molecule has 10 heteroatoms. The molecule has 4 aromatic heterocycles. The molecule has 1 saturated heterocycles. The number of alkyl halides is 1. The van der Waals surface area contributed by atoms with E-state index in [-0.39, 0.29) is 25.0 Å². The zero-order valence-electron chi connectivity index (χ0n) is 20.7. The van der Waals surface area contributed by atoms with Crippen molar-refractivity contribution in [2.75, 3.05) is 37.6 Å². The van der Waals surface area contributed by atoms with Crippen LogP contribution in [0.4, 0.5) is 10.2 Å². The largest absolute Gasteiger partial charge is 0.351 e. The molecule has 0 spiro atoms. The summed E-state index contributed by atoms with van der Waals surface area (Å²) in [5, 5.41) is 9.52. The number of nitrogens with one attached hydrogen (secondary N) is 1. The van der Waals surface area contributed by atoms with Gasteiger partial charge in [0.05, 0.1) is 41.1 Å². The number of nitrogens with zero attached hydrogens (tertiary/aromatic N) is 6. The van der Waals surface area contributed by atoms with Gasteiger partial charge in [-0.15, -0.1) is 11.3 Å². The maximum absolute atomic E-state index is 13.7. The number of likely N-dealkylation sites (N-methyl/N-ethyl adjacent to an activating group) is 1. The van der Waals surface area contributed by atoms with Gasteiger partial charge in [0.25, 0.3) is 5.91 Å². The molecule has 188 valence electrons. The summed E-state index contributed by atoms with van der Waals surface area (Å²) in [5.74, 6) is 0.400. The van der Waals surface area contributed by atoms with Gasteiger partial charge in [-0.3, -0.25) is 9.69 Å². The number of hydrogen-bond acceptors (Lipinski definition) is 7. The minimum absolute atomic E-state index is 0.181. The minimum atomic E-state index is -0.880. The van der Waals surface area contributed by atoms with E-state index in [2.05, 4.69) is 36.1 Å². The van der Waals surface area contributed by atoms with Crippen LogP contribution in [0.2, 0.25) is 0 Å². The summed E-state index contributed by atoms with van der Waals surface area (Å²) in [7, 11) is 0. The highest BCUT2D eigenvalue weighted by atomic mass is 32.1. The van der Waals surface area contributed by atoms with Crippen molar-refractivity contribution in [1.82, 2.24) is 29.8 Å². The van der Waals surface area contributed by atoms with E-state index in [0.717, 1.165) is 29.2 Å². The van der Waals surface area contributed by atoms with Gasteiger partial charge in [-0.2, -0.15) is 5.10 Å². The van der Waals surface area contributed by atoms with Crippen molar-refractivity contribution in [2.45, 2.75) is 33.0 Å². The third kappa shape index (κ3) is 4.83. The Morgan fingerprint density at radius 1 is 1.22 bits per heavy atom. The molecule has 0 aliphatic carbocycles. The first-order valence-corrected chi connectivity index (χ1v) is 13.2. The molecule has 1 aliphatic rings. The molecule has 1 aliphatic heterocycles. The lowest BCUT2D eigenvalue weighted by molar-refractivity contribution is 0.0938. The molecule has 1 N–H and O–H groups in total. The third-order valence-electron chi connectivity index (χ3n) is 6.65. The van der Waals surface area contributed by atoms with Gasteiger partial charge >= 0.3 is 0 Å². The van der Waals surface area contributed by atoms with Gasteiger partial charge < -0.3 is 10.2 Å². The number of amides is 1. The zero-order valence-corrected chi connectivity index (χ0v) is 21.5. The number of carbonyl (C=O) groups excluding carboxylic acids is 1. The molecule has 0 unspecified atom stereocenters. The van der Waals surface area contributed by atoms with Gasteiger partial charge in [-0.1, -0.05) is 19.9 Å². The SMILES string of the molecule is CCN(CC)[C@@H](C)CNC(=O)c1cc(-c2cnn3ccc(-c4cccs4)nc23)nc(N2CC(F)C2)c1. The fourth-order valence-electron chi connectivity index (χ4n) is 4.49. The summed E-state index contributed by atoms with van der Waals surface area (Å²) in [5.41, 5.74) is 3.29. The molecule has 0 radical (unpaired) electrons. The van der Waals surface area contributed by atoms with Crippen LogP contribution in [0.1, 0.15) is 31.1 Å². The normalized spacial score (nSPS) is 14.9. The van der Waals surface area contributed by atoms with Crippen LogP contribution in [0.3, 0.4) is 0 Å². The molecule has 1 atom stereocenters. The number of carbonyl (C=O) groups is 1. The van der Waals surface area contributed by atoms with E-state index in [4.69, 9.17) is 9.97 Å². The summed E-state index contributed by atoms with van der Waals surface area (Å²) < 4.78 is 15.4. The van der Waals surface area contributed by atoms with E-state index in [1.165, 1.54) is 0 Å². The molecule has 4 aromatic rings. The number of hydrogen-bond donors (Lipinski definition) is 1. The Kier molecular flexibility index (Phi) is 6.97. The van der Waals surface area contributed by atoms with Gasteiger partial charge in [0.2, 0.25) is 0 Å². The van der Waals surface area contributed by atoms with Crippen molar-refractivity contribution in [1.29, 1.82) is 0 Å². The molecule has 36 heavy (non-hydrogen) atoms. The zero-order chi connectivity index (χ0) is 25.2. The fraction of sp³-hybridized carbons (Fsp3) is 0.385. The summed E-state index contributed by atoms with van der Waals surface area (Å²) >= 11 is 1.62. The maximum atomic E-state index is 13.7. The van der Waals surface area contributed by atoms with E-state index in [0.29, 0.717) is 29.3 Å². The highest BCUT2D eigenvalue weighted by molar-refractivity contribution is 7.13. The summed E-state index contributed by atoms with van der Waals surface area (Å²) in [6.07, 6.45) is 2.70. The first-order chi connectivity index (χ1) is 17.5. The second-order valence-corrected chi connectivity index (χ2v) is 9.95. The van der Waals surface area contributed by atoms with Gasteiger partial charge in [0.15, 0.2) is 5.65 Å². The highest BCUT2D eigenvalue weighted by Gasteiger charge is 2.29. The summed E-state index contributed by atoms with van der Waals surface area (Å²) in [6.45, 7) is 9.25. The lowest BCUT2D eigenvalue weighted by Gasteiger charge is -2.35. The van der Waals surface area contributed by atoms with Crippen molar-refractivity contribution in [3.63, 3.8) is 0 Å². The second kappa shape index (κ2) is 10.3. The predicted octanol–water partition coefficient (Wildman–Crippen LogP) is 4.14. The number of thiophene rings is 1. The Morgan fingerprint density at radius 3 is 2.72 bits per heavy atom. The van der Waals surface area contributed by atoms with Crippen LogP contribution in [0.5, 0.6) is 0 Å². The Bertz CT molecular complexity index is 1350. The molecule has 8 nitrogen and oxygen atoms in total. The number of fused-ring (bicyclic) bond motifs is 1. The Balaban J connectivity index is 1.49. The molecular weight excluding hydrogens is 477 g/mol. The van der Waals surface area contributed by atoms with Gasteiger partial charge in [0, 0.05) is 24.3 Å². The van der Waals surface area contributed by atoms with Crippen molar-refractivity contribution in [3.8, 4) is 21.8 Å². The van der Waals surface area contributed by atoms with Gasteiger partial charge in [0.1, 0.15) is 12.0 Å². The Hall–Kier alpha value is -3.37. The monoisotopic (exact) mass is 507 g/mol. The molecule has 5 heterocycles. The van der Waals surface area contributed by atoms with Crippen molar-refractivity contribution >= 4 is 28.7 Å². The van der Waals surface area contributed by atoms with Crippen LogP contribution < -0.4 is 10.2 Å². The Morgan fingerprint density at radius 2 is 2.03 bits per heavy atom. The minimum Gasteiger partial charge on any atom is -0.351 e. The van der Waals surface area contributed by atoms with E-state index < -0.39 is 6.17 Å². The van der Waals surface area contributed by atoms with E-state index >= 15 is 0 Å². The van der Waals surface area contributed by atoms with Gasteiger partial charge in [-0.05, 0) is 49.7 Å². The third-order valence-corrected chi connectivity index (χ3v) is 7.54. The molecule has 1 fully saturated rings. The number of anilines is 1. The fourth-order valence-corrected chi connectivity index (χ4v) is 5.18. The van der Waals surface area contributed by atoms with Crippen LogP contribution in [-0.2, 0) is 0 Å². The Labute approximate surface area is 213 Å². The van der Waals surface area contributed by atoms with Crippen LogP contribution in [0, 0.1) is 0 Å². The van der Waals surface area contributed by atoms with E-state index in [1.54, 1.807) is 34.2 Å². The van der Waals surface area contributed by atoms with E-state index in [1.807, 2.05) is 34.7 Å². The first kappa shape index (κ1) is 24.3. The van der Waals surface area contributed by atoms with Gasteiger partial charge in [-0.25, -0.2) is 18.9 Å². The molecule has 1 amide bonds. The lowest BCUT2D eigenvalue weighted by atomic mass is 10.1. The maximum Gasteiger partial charge on any atom is 0.251 e. The topological polar surface area (TPSA) is 78.7 Å². The van der Waals surface area contributed by atoms with E-state index in [9.17, 15) is 9.18 Å². The average molecular weight is 508 g/mol. The summed E-state index contributed by atoms with van der Waals surface area (Å²) in [4.78, 5) is 28.0.